The lowest BCUT2D eigenvalue weighted by Crippen LogP contribution is -2.43. The van der Waals surface area contributed by atoms with E-state index in [2.05, 4.69) is 70.2 Å². The zero-order valence-corrected chi connectivity index (χ0v) is 16.4. The minimum absolute atomic E-state index is 0.0443. The number of nitrogens with zero attached hydrogens (tertiary/aromatic N) is 4. The van der Waals surface area contributed by atoms with E-state index in [1.807, 2.05) is 6.20 Å². The number of rotatable bonds is 5. The number of likely N-dealkylation sites (tertiary alicyclic amines) is 1. The maximum absolute atomic E-state index is 4.89. The van der Waals surface area contributed by atoms with Crippen LogP contribution >= 0.6 is 11.3 Å². The summed E-state index contributed by atoms with van der Waals surface area (Å²) >= 11 is 1.76. The summed E-state index contributed by atoms with van der Waals surface area (Å²) < 4.78 is 2.24. The van der Waals surface area contributed by atoms with E-state index in [9.17, 15) is 0 Å². The highest BCUT2D eigenvalue weighted by Crippen LogP contribution is 2.42. The van der Waals surface area contributed by atoms with Crippen molar-refractivity contribution in [3.05, 3.63) is 70.2 Å². The maximum Gasteiger partial charge on any atom is 0.122 e. The Hall–Kier alpha value is -1.98. The van der Waals surface area contributed by atoms with Crippen molar-refractivity contribution in [3.63, 3.8) is 0 Å². The molecule has 1 aliphatic heterocycles. The fourth-order valence-electron chi connectivity index (χ4n) is 4.11. The second kappa shape index (κ2) is 7.33. The van der Waals surface area contributed by atoms with Crippen LogP contribution in [0.5, 0.6) is 0 Å². The monoisotopic (exact) mass is 366 g/mol. The lowest BCUT2D eigenvalue weighted by atomic mass is 9.70. The minimum Gasteiger partial charge on any atom is -0.334 e. The zero-order valence-electron chi connectivity index (χ0n) is 15.6. The molecule has 3 heterocycles. The minimum atomic E-state index is 0.0443. The van der Waals surface area contributed by atoms with Gasteiger partial charge in [-0.25, -0.2) is 9.97 Å². The molecule has 5 heteroatoms. The third kappa shape index (κ3) is 3.21. The van der Waals surface area contributed by atoms with Crippen molar-refractivity contribution in [1.29, 1.82) is 0 Å². The molecule has 0 N–H and O–H groups in total. The first-order valence-electron chi connectivity index (χ1n) is 9.42. The van der Waals surface area contributed by atoms with Crippen molar-refractivity contribution in [3.8, 4) is 0 Å². The van der Waals surface area contributed by atoms with Crippen LogP contribution in [0.15, 0.2) is 48.1 Å². The summed E-state index contributed by atoms with van der Waals surface area (Å²) in [6.07, 6.45) is 6.20. The molecule has 0 bridgehead atoms. The molecule has 4 nitrogen and oxygen atoms in total. The number of hydrogen-bond acceptors (Lipinski definition) is 4. The standard InChI is InChI=1S/C21H26N4S/c1-3-25-14-11-22-20(25)15-24-12-9-21(10-13-24,18-7-5-4-6-8-18)19-16-26-17(2)23-19/h4-8,11,14,16H,3,9-10,12-13,15H2,1-2H3. The summed E-state index contributed by atoms with van der Waals surface area (Å²) in [6, 6.07) is 11.0. The molecule has 26 heavy (non-hydrogen) atoms. The van der Waals surface area contributed by atoms with Crippen molar-refractivity contribution in [2.24, 2.45) is 0 Å². The first kappa shape index (κ1) is 17.4. The van der Waals surface area contributed by atoms with Gasteiger partial charge in [-0.3, -0.25) is 4.90 Å². The molecule has 0 unspecified atom stereocenters. The third-order valence-electron chi connectivity index (χ3n) is 5.65. The number of piperidine rings is 1. The molecule has 2 aromatic heterocycles. The summed E-state index contributed by atoms with van der Waals surface area (Å²) in [4.78, 5) is 12.0. The van der Waals surface area contributed by atoms with Gasteiger partial charge in [0.2, 0.25) is 0 Å². The highest BCUT2D eigenvalue weighted by molar-refractivity contribution is 7.09. The van der Waals surface area contributed by atoms with E-state index in [4.69, 9.17) is 4.98 Å². The van der Waals surface area contributed by atoms with Crippen LogP contribution in [-0.2, 0) is 18.5 Å². The summed E-state index contributed by atoms with van der Waals surface area (Å²) in [5.74, 6) is 1.17. The van der Waals surface area contributed by atoms with E-state index in [-0.39, 0.29) is 5.41 Å². The predicted octanol–water partition coefficient (Wildman–Crippen LogP) is 4.25. The third-order valence-corrected chi connectivity index (χ3v) is 6.43. The molecule has 136 valence electrons. The molecule has 1 aliphatic rings. The molecule has 0 radical (unpaired) electrons. The number of hydrogen-bond donors (Lipinski definition) is 0. The van der Waals surface area contributed by atoms with Gasteiger partial charge in [0.25, 0.3) is 0 Å². The summed E-state index contributed by atoms with van der Waals surface area (Å²) in [6.45, 7) is 8.33. The average molecular weight is 367 g/mol. The number of benzene rings is 1. The summed E-state index contributed by atoms with van der Waals surface area (Å²) in [5.41, 5.74) is 2.70. The lowest BCUT2D eigenvalue weighted by molar-refractivity contribution is 0.165. The molecular weight excluding hydrogens is 340 g/mol. The van der Waals surface area contributed by atoms with Crippen molar-refractivity contribution in [1.82, 2.24) is 19.4 Å². The zero-order chi connectivity index (χ0) is 18.0. The first-order valence-corrected chi connectivity index (χ1v) is 10.3. The molecule has 1 fully saturated rings. The summed E-state index contributed by atoms with van der Waals surface area (Å²) in [7, 11) is 0. The van der Waals surface area contributed by atoms with Crippen LogP contribution in [-0.4, -0.2) is 32.5 Å². The van der Waals surface area contributed by atoms with Crippen LogP contribution < -0.4 is 0 Å². The van der Waals surface area contributed by atoms with Gasteiger partial charge in [0.1, 0.15) is 5.82 Å². The first-order chi connectivity index (χ1) is 12.7. The molecule has 0 atom stereocenters. The number of aromatic nitrogens is 3. The predicted molar refractivity (Wildman–Crippen MR) is 106 cm³/mol. The van der Waals surface area contributed by atoms with Crippen LogP contribution in [0.2, 0.25) is 0 Å². The van der Waals surface area contributed by atoms with E-state index < -0.39 is 0 Å². The molecule has 0 amide bonds. The van der Waals surface area contributed by atoms with Gasteiger partial charge < -0.3 is 4.57 Å². The van der Waals surface area contributed by atoms with Gasteiger partial charge in [-0.1, -0.05) is 30.3 Å². The Bertz CT molecular complexity index is 844. The van der Waals surface area contributed by atoms with E-state index in [1.54, 1.807) is 11.3 Å². The van der Waals surface area contributed by atoms with Crippen molar-refractivity contribution < 1.29 is 0 Å². The fourth-order valence-corrected chi connectivity index (χ4v) is 4.82. The second-order valence-electron chi connectivity index (χ2n) is 7.11. The van der Waals surface area contributed by atoms with E-state index in [0.29, 0.717) is 0 Å². The van der Waals surface area contributed by atoms with Gasteiger partial charge in [-0.05, 0) is 45.3 Å². The number of imidazole rings is 1. The number of thiazole rings is 1. The molecule has 1 aromatic carbocycles. The smallest absolute Gasteiger partial charge is 0.122 e. The van der Waals surface area contributed by atoms with E-state index >= 15 is 0 Å². The quantitative estimate of drug-likeness (QED) is 0.677. The maximum atomic E-state index is 4.89. The molecule has 1 saturated heterocycles. The van der Waals surface area contributed by atoms with Crippen molar-refractivity contribution in [2.45, 2.75) is 45.2 Å². The SMILES string of the molecule is CCn1ccnc1CN1CCC(c2ccccc2)(c2csc(C)n2)CC1. The van der Waals surface area contributed by atoms with Crippen molar-refractivity contribution >= 4 is 11.3 Å². The van der Waals surface area contributed by atoms with Gasteiger partial charge in [0, 0.05) is 29.7 Å². The second-order valence-corrected chi connectivity index (χ2v) is 8.17. The molecule has 0 saturated carbocycles. The largest absolute Gasteiger partial charge is 0.334 e. The molecule has 0 spiro atoms. The van der Waals surface area contributed by atoms with Gasteiger partial charge in [-0.15, -0.1) is 11.3 Å². The highest BCUT2D eigenvalue weighted by atomic mass is 32.1. The van der Waals surface area contributed by atoms with Crippen LogP contribution in [0.1, 0.15) is 41.9 Å². The fraction of sp³-hybridized carbons (Fsp3) is 0.429. The van der Waals surface area contributed by atoms with Crippen LogP contribution in [0.4, 0.5) is 0 Å². The molecular formula is C21H26N4S. The van der Waals surface area contributed by atoms with E-state index in [0.717, 1.165) is 44.0 Å². The molecule has 3 aromatic rings. The van der Waals surface area contributed by atoms with Gasteiger partial charge in [0.15, 0.2) is 0 Å². The van der Waals surface area contributed by atoms with Gasteiger partial charge in [-0.2, -0.15) is 0 Å². The Balaban J connectivity index is 1.57. The normalized spacial score (nSPS) is 17.5. The van der Waals surface area contributed by atoms with Crippen LogP contribution in [0, 0.1) is 6.92 Å². The van der Waals surface area contributed by atoms with Gasteiger partial charge >= 0.3 is 0 Å². The Morgan fingerprint density at radius 3 is 2.58 bits per heavy atom. The van der Waals surface area contributed by atoms with Gasteiger partial charge in [0.05, 0.1) is 17.2 Å². The average Bonchev–Trinajstić information content (AvgIpc) is 3.32. The van der Waals surface area contributed by atoms with Crippen LogP contribution in [0.25, 0.3) is 0 Å². The molecule has 4 rings (SSSR count). The molecule has 0 aliphatic carbocycles. The Morgan fingerprint density at radius 2 is 1.92 bits per heavy atom. The number of aryl methyl sites for hydroxylation is 2. The van der Waals surface area contributed by atoms with E-state index in [1.165, 1.54) is 17.1 Å². The Kier molecular flexibility index (Phi) is 4.92. The van der Waals surface area contributed by atoms with Crippen molar-refractivity contribution in [2.75, 3.05) is 13.1 Å². The highest BCUT2D eigenvalue weighted by Gasteiger charge is 2.39. The Morgan fingerprint density at radius 1 is 1.15 bits per heavy atom. The Labute approximate surface area is 159 Å². The lowest BCUT2D eigenvalue weighted by Gasteiger charge is -2.41. The van der Waals surface area contributed by atoms with Crippen LogP contribution in [0.3, 0.4) is 0 Å². The topological polar surface area (TPSA) is 34.0 Å². The summed E-state index contributed by atoms with van der Waals surface area (Å²) in [5, 5.41) is 3.42.